The summed E-state index contributed by atoms with van der Waals surface area (Å²) in [5, 5.41) is 0. The molecule has 2 rings (SSSR count). The SMILES string of the molecule is CC(C)c1ccc(C2CCCN2C)c(C(F)(F)F)c1. The molecule has 19 heavy (non-hydrogen) atoms. The molecule has 1 saturated heterocycles. The molecule has 1 fully saturated rings. The van der Waals surface area contributed by atoms with Gasteiger partial charge in [-0.2, -0.15) is 13.2 Å². The molecule has 1 aromatic rings. The third-order valence-electron chi connectivity index (χ3n) is 3.93. The third kappa shape index (κ3) is 2.94. The van der Waals surface area contributed by atoms with E-state index < -0.39 is 11.7 Å². The van der Waals surface area contributed by atoms with Crippen molar-refractivity contribution in [3.63, 3.8) is 0 Å². The van der Waals surface area contributed by atoms with Gasteiger partial charge in [0.1, 0.15) is 0 Å². The van der Waals surface area contributed by atoms with Crippen LogP contribution < -0.4 is 0 Å². The summed E-state index contributed by atoms with van der Waals surface area (Å²) in [6.07, 6.45) is -2.51. The van der Waals surface area contributed by atoms with Gasteiger partial charge < -0.3 is 0 Å². The third-order valence-corrected chi connectivity index (χ3v) is 3.93. The molecule has 1 aliphatic heterocycles. The van der Waals surface area contributed by atoms with E-state index in [-0.39, 0.29) is 12.0 Å². The van der Waals surface area contributed by atoms with E-state index in [4.69, 9.17) is 0 Å². The summed E-state index contributed by atoms with van der Waals surface area (Å²) in [6, 6.07) is 4.73. The van der Waals surface area contributed by atoms with Gasteiger partial charge in [-0.25, -0.2) is 0 Å². The Hall–Kier alpha value is -1.03. The van der Waals surface area contributed by atoms with Crippen molar-refractivity contribution in [2.24, 2.45) is 0 Å². The van der Waals surface area contributed by atoms with E-state index >= 15 is 0 Å². The number of hydrogen-bond donors (Lipinski definition) is 0. The molecule has 0 aromatic heterocycles. The van der Waals surface area contributed by atoms with E-state index in [9.17, 15) is 13.2 Å². The van der Waals surface area contributed by atoms with Crippen LogP contribution in [0.1, 0.15) is 55.3 Å². The van der Waals surface area contributed by atoms with E-state index in [1.807, 2.05) is 31.9 Å². The Balaban J connectivity index is 2.48. The lowest BCUT2D eigenvalue weighted by Gasteiger charge is -2.24. The lowest BCUT2D eigenvalue weighted by molar-refractivity contribution is -0.138. The zero-order valence-corrected chi connectivity index (χ0v) is 11.6. The predicted octanol–water partition coefficient (Wildman–Crippen LogP) is 4.60. The van der Waals surface area contributed by atoms with E-state index in [1.165, 1.54) is 6.07 Å². The maximum atomic E-state index is 13.3. The monoisotopic (exact) mass is 271 g/mol. The fourth-order valence-corrected chi connectivity index (χ4v) is 2.77. The van der Waals surface area contributed by atoms with Crippen molar-refractivity contribution in [1.29, 1.82) is 0 Å². The van der Waals surface area contributed by atoms with Gasteiger partial charge in [-0.3, -0.25) is 4.90 Å². The first-order valence-electron chi connectivity index (χ1n) is 6.72. The molecule has 1 heterocycles. The van der Waals surface area contributed by atoms with Gasteiger partial charge in [0.15, 0.2) is 0 Å². The van der Waals surface area contributed by atoms with Crippen molar-refractivity contribution in [3.05, 3.63) is 34.9 Å². The minimum atomic E-state index is -4.27. The predicted molar refractivity (Wildman–Crippen MR) is 70.1 cm³/mol. The molecule has 1 aliphatic rings. The second kappa shape index (κ2) is 5.16. The minimum absolute atomic E-state index is 0.0992. The Labute approximate surface area is 112 Å². The molecule has 106 valence electrons. The molecule has 0 saturated carbocycles. The van der Waals surface area contributed by atoms with Crippen LogP contribution in [0.3, 0.4) is 0 Å². The van der Waals surface area contributed by atoms with Crippen LogP contribution in [0, 0.1) is 0 Å². The molecule has 1 atom stereocenters. The van der Waals surface area contributed by atoms with E-state index in [0.717, 1.165) is 24.9 Å². The minimum Gasteiger partial charge on any atom is -0.299 e. The van der Waals surface area contributed by atoms with Crippen molar-refractivity contribution in [3.8, 4) is 0 Å². The summed E-state index contributed by atoms with van der Waals surface area (Å²) in [7, 11) is 1.90. The van der Waals surface area contributed by atoms with Crippen LogP contribution in [0.15, 0.2) is 18.2 Å². The molecule has 0 spiro atoms. The van der Waals surface area contributed by atoms with Gasteiger partial charge in [0.2, 0.25) is 0 Å². The summed E-state index contributed by atoms with van der Waals surface area (Å²) < 4.78 is 39.8. The summed E-state index contributed by atoms with van der Waals surface area (Å²) >= 11 is 0. The number of alkyl halides is 3. The maximum absolute atomic E-state index is 13.3. The lowest BCUT2D eigenvalue weighted by Crippen LogP contribution is -2.21. The van der Waals surface area contributed by atoms with Gasteiger partial charge in [-0.1, -0.05) is 26.0 Å². The summed E-state index contributed by atoms with van der Waals surface area (Å²) in [5.74, 6) is 0.108. The molecular formula is C15H20F3N. The quantitative estimate of drug-likeness (QED) is 0.760. The normalized spacial score (nSPS) is 21.3. The van der Waals surface area contributed by atoms with Crippen LogP contribution in [0.4, 0.5) is 13.2 Å². The summed E-state index contributed by atoms with van der Waals surface area (Å²) in [5.41, 5.74) is 0.714. The largest absolute Gasteiger partial charge is 0.416 e. The zero-order valence-electron chi connectivity index (χ0n) is 11.6. The fourth-order valence-electron chi connectivity index (χ4n) is 2.77. The van der Waals surface area contributed by atoms with Gasteiger partial charge >= 0.3 is 6.18 Å². The molecule has 0 amide bonds. The first kappa shape index (κ1) is 14.4. The summed E-state index contributed by atoms with van der Waals surface area (Å²) in [4.78, 5) is 2.01. The molecule has 0 radical (unpaired) electrons. The first-order chi connectivity index (χ1) is 8.80. The highest BCUT2D eigenvalue weighted by Gasteiger charge is 2.37. The van der Waals surface area contributed by atoms with Crippen molar-refractivity contribution in [2.45, 2.75) is 44.8 Å². The highest BCUT2D eigenvalue weighted by atomic mass is 19.4. The highest BCUT2D eigenvalue weighted by Crippen LogP contribution is 2.40. The number of likely N-dealkylation sites (tertiary alicyclic amines) is 1. The fraction of sp³-hybridized carbons (Fsp3) is 0.600. The summed E-state index contributed by atoms with van der Waals surface area (Å²) in [6.45, 7) is 4.70. The van der Waals surface area contributed by atoms with Gasteiger partial charge in [0, 0.05) is 6.04 Å². The molecule has 4 heteroatoms. The first-order valence-corrected chi connectivity index (χ1v) is 6.72. The maximum Gasteiger partial charge on any atom is 0.416 e. The second-order valence-electron chi connectivity index (χ2n) is 5.64. The van der Waals surface area contributed by atoms with Crippen LogP contribution in [0.25, 0.3) is 0 Å². The molecule has 0 N–H and O–H groups in total. The van der Waals surface area contributed by atoms with Gasteiger partial charge in [-0.05, 0) is 49.5 Å². The van der Waals surface area contributed by atoms with Crippen LogP contribution in [-0.2, 0) is 6.18 Å². The Morgan fingerprint density at radius 2 is 1.95 bits per heavy atom. The Morgan fingerprint density at radius 1 is 1.26 bits per heavy atom. The molecule has 0 aliphatic carbocycles. The van der Waals surface area contributed by atoms with Crippen molar-refractivity contribution >= 4 is 0 Å². The van der Waals surface area contributed by atoms with Crippen LogP contribution >= 0.6 is 0 Å². The molecular weight excluding hydrogens is 251 g/mol. The zero-order chi connectivity index (χ0) is 14.2. The lowest BCUT2D eigenvalue weighted by atomic mass is 9.92. The topological polar surface area (TPSA) is 3.24 Å². The van der Waals surface area contributed by atoms with Crippen LogP contribution in [0.2, 0.25) is 0 Å². The molecule has 1 unspecified atom stereocenters. The number of rotatable bonds is 2. The van der Waals surface area contributed by atoms with E-state index in [2.05, 4.69) is 0 Å². The average molecular weight is 271 g/mol. The smallest absolute Gasteiger partial charge is 0.299 e. The van der Waals surface area contributed by atoms with Gasteiger partial charge in [0.05, 0.1) is 5.56 Å². The van der Waals surface area contributed by atoms with Crippen LogP contribution in [-0.4, -0.2) is 18.5 Å². The van der Waals surface area contributed by atoms with Crippen molar-refractivity contribution < 1.29 is 13.2 Å². The number of halogens is 3. The number of nitrogens with zero attached hydrogens (tertiary/aromatic N) is 1. The number of hydrogen-bond acceptors (Lipinski definition) is 1. The van der Waals surface area contributed by atoms with Crippen LogP contribution in [0.5, 0.6) is 0 Å². The van der Waals surface area contributed by atoms with Gasteiger partial charge in [0.25, 0.3) is 0 Å². The Bertz CT molecular complexity index is 451. The van der Waals surface area contributed by atoms with E-state index in [1.54, 1.807) is 6.07 Å². The Morgan fingerprint density at radius 3 is 2.42 bits per heavy atom. The number of benzene rings is 1. The van der Waals surface area contributed by atoms with Crippen molar-refractivity contribution in [1.82, 2.24) is 4.90 Å². The van der Waals surface area contributed by atoms with Gasteiger partial charge in [-0.15, -0.1) is 0 Å². The molecule has 1 nitrogen and oxygen atoms in total. The standard InChI is InChI=1S/C15H20F3N/c1-10(2)11-6-7-12(13(9-11)15(16,17)18)14-5-4-8-19(14)3/h6-7,9-10,14H,4-5,8H2,1-3H3. The molecule has 0 bridgehead atoms. The second-order valence-corrected chi connectivity index (χ2v) is 5.64. The highest BCUT2D eigenvalue weighted by molar-refractivity contribution is 5.38. The Kier molecular flexibility index (Phi) is 3.90. The van der Waals surface area contributed by atoms with Crippen molar-refractivity contribution in [2.75, 3.05) is 13.6 Å². The molecule has 1 aromatic carbocycles. The van der Waals surface area contributed by atoms with E-state index in [0.29, 0.717) is 5.56 Å². The average Bonchev–Trinajstić information content (AvgIpc) is 2.73.